The number of anilines is 1. The molecule has 2 heterocycles. The molecular weight excluding hydrogens is 505 g/mol. The number of hydrogen-bond acceptors (Lipinski definition) is 7. The van der Waals surface area contributed by atoms with Crippen LogP contribution in [0, 0.1) is 0 Å². The average Bonchev–Trinajstić information content (AvgIpc) is 2.79. The number of nitrogens with zero attached hydrogens (tertiary/aromatic N) is 2. The van der Waals surface area contributed by atoms with Gasteiger partial charge in [-0.05, 0) is 44.0 Å². The van der Waals surface area contributed by atoms with E-state index in [0.29, 0.717) is 17.8 Å². The number of sulfonamides is 1. The van der Waals surface area contributed by atoms with Crippen LogP contribution in [0.2, 0.25) is 0 Å². The van der Waals surface area contributed by atoms with Gasteiger partial charge in [-0.3, -0.25) is 9.10 Å². The molecule has 1 aromatic heterocycles. The number of carboxylic acid groups (broad SMARTS) is 1. The molecule has 0 aliphatic carbocycles. The third-order valence-electron chi connectivity index (χ3n) is 5.09. The normalized spacial score (nSPS) is 15.6. The maximum Gasteiger partial charge on any atom is 0.417 e. The van der Waals surface area contributed by atoms with Crippen molar-refractivity contribution in [1.82, 2.24) is 4.98 Å². The summed E-state index contributed by atoms with van der Waals surface area (Å²) >= 11 is 0. The second-order valence-corrected chi connectivity index (χ2v) is 10.1. The van der Waals surface area contributed by atoms with Gasteiger partial charge < -0.3 is 19.7 Å². The molecule has 1 aliphatic heterocycles. The predicted octanol–water partition coefficient (Wildman–Crippen LogP) is 3.72. The fourth-order valence-electron chi connectivity index (χ4n) is 3.56. The molecule has 13 heteroatoms. The summed E-state index contributed by atoms with van der Waals surface area (Å²) < 4.78 is 79.8. The highest BCUT2D eigenvalue weighted by Gasteiger charge is 2.39. The summed E-state index contributed by atoms with van der Waals surface area (Å²) in [6.07, 6.45) is -3.87. The molecule has 2 aromatic rings. The molecule has 9 nitrogen and oxygen atoms in total. The van der Waals surface area contributed by atoms with E-state index in [2.05, 4.69) is 4.98 Å². The highest BCUT2D eigenvalue weighted by atomic mass is 32.2. The smallest absolute Gasteiger partial charge is 0.417 e. The molecule has 0 saturated carbocycles. The van der Waals surface area contributed by atoms with Gasteiger partial charge in [-0.1, -0.05) is 17.7 Å². The summed E-state index contributed by atoms with van der Waals surface area (Å²) in [7, 11) is -4.72. The van der Waals surface area contributed by atoms with E-state index >= 15 is 0 Å². The van der Waals surface area contributed by atoms with Gasteiger partial charge in [-0.2, -0.15) is 13.2 Å². The number of halogens is 3. The number of aliphatic hydroxyl groups excluding tert-OH is 1. The van der Waals surface area contributed by atoms with E-state index in [1.54, 1.807) is 12.1 Å². The van der Waals surface area contributed by atoms with Crippen LogP contribution < -0.4 is 13.8 Å². The van der Waals surface area contributed by atoms with Crippen molar-refractivity contribution in [1.29, 1.82) is 0 Å². The zero-order valence-corrected chi connectivity index (χ0v) is 20.3. The summed E-state index contributed by atoms with van der Waals surface area (Å²) in [6, 6.07) is 5.14. The zero-order valence-electron chi connectivity index (χ0n) is 19.4. The number of carbonyl (C=O) groups is 1. The molecule has 36 heavy (non-hydrogen) atoms. The van der Waals surface area contributed by atoms with Crippen molar-refractivity contribution in [3.8, 4) is 11.6 Å². The molecule has 0 radical (unpaired) electrons. The molecule has 1 atom stereocenters. The van der Waals surface area contributed by atoms with Crippen molar-refractivity contribution in [3.63, 3.8) is 0 Å². The number of allylic oxidation sites excluding steroid dienone is 1. The summed E-state index contributed by atoms with van der Waals surface area (Å²) in [5.41, 5.74) is 0.316. The van der Waals surface area contributed by atoms with Crippen molar-refractivity contribution < 1.29 is 46.1 Å². The highest BCUT2D eigenvalue weighted by molar-refractivity contribution is 7.93. The Kier molecular flexibility index (Phi) is 8.14. The lowest BCUT2D eigenvalue weighted by atomic mass is 10.1. The number of hydrogen-bond donors (Lipinski definition) is 2. The van der Waals surface area contributed by atoms with E-state index in [0.717, 1.165) is 9.88 Å². The minimum atomic E-state index is -4.88. The van der Waals surface area contributed by atoms with Crippen LogP contribution in [0.3, 0.4) is 0 Å². The Morgan fingerprint density at radius 1 is 1.31 bits per heavy atom. The molecule has 0 bridgehead atoms. The molecule has 1 unspecified atom stereocenters. The van der Waals surface area contributed by atoms with Crippen molar-refractivity contribution in [2.45, 2.75) is 43.9 Å². The molecule has 0 amide bonds. The first kappa shape index (κ1) is 27.3. The fourth-order valence-corrected chi connectivity index (χ4v) is 5.17. The van der Waals surface area contributed by atoms with Crippen LogP contribution in [0.4, 0.5) is 18.9 Å². The van der Waals surface area contributed by atoms with E-state index in [4.69, 9.17) is 19.7 Å². The third-order valence-corrected chi connectivity index (χ3v) is 6.87. The standard InChI is InChI=1S/C23H25F3N2O7S/c1-14(2)9-15-3-5-19-18(10-15)28(13-17(35-19)4-6-21(30)31)36(32,33)20-11-16(23(24,25)26)12-27-22(20)34-8-7-29/h3,5,9-12,17,29H,4,6-8,13H2,1-2H3,(H,30,31). The average molecular weight is 531 g/mol. The van der Waals surface area contributed by atoms with E-state index in [1.807, 2.05) is 13.8 Å². The number of ether oxygens (including phenoxy) is 2. The van der Waals surface area contributed by atoms with Gasteiger partial charge in [0.25, 0.3) is 10.0 Å². The van der Waals surface area contributed by atoms with Gasteiger partial charge >= 0.3 is 12.1 Å². The molecule has 0 fully saturated rings. The maximum atomic E-state index is 13.8. The van der Waals surface area contributed by atoms with E-state index in [1.165, 1.54) is 12.1 Å². The van der Waals surface area contributed by atoms with Gasteiger partial charge in [-0.25, -0.2) is 13.4 Å². The minimum absolute atomic E-state index is 0.0365. The first-order chi connectivity index (χ1) is 16.8. The van der Waals surface area contributed by atoms with Gasteiger partial charge in [0.2, 0.25) is 5.88 Å². The van der Waals surface area contributed by atoms with Gasteiger partial charge in [0.05, 0.1) is 24.4 Å². The van der Waals surface area contributed by atoms with Crippen LogP contribution in [0.25, 0.3) is 6.08 Å². The quantitative estimate of drug-likeness (QED) is 0.503. The number of benzene rings is 1. The largest absolute Gasteiger partial charge is 0.486 e. The first-order valence-corrected chi connectivity index (χ1v) is 12.3. The Bertz CT molecular complexity index is 1260. The first-order valence-electron chi connectivity index (χ1n) is 10.8. The van der Waals surface area contributed by atoms with Crippen molar-refractivity contribution in [3.05, 3.63) is 47.2 Å². The Labute approximate surface area is 205 Å². The third kappa shape index (κ3) is 6.26. The predicted molar refractivity (Wildman–Crippen MR) is 123 cm³/mol. The molecule has 1 aromatic carbocycles. The highest BCUT2D eigenvalue weighted by Crippen LogP contribution is 2.41. The number of aromatic nitrogens is 1. The van der Waals surface area contributed by atoms with E-state index in [9.17, 15) is 26.4 Å². The SMILES string of the molecule is CC(C)=Cc1ccc2c(c1)N(S(=O)(=O)c1cc(C(F)(F)F)cnc1OCCO)CC(CCC(=O)O)O2. The summed E-state index contributed by atoms with van der Waals surface area (Å²) in [5, 5.41) is 18.1. The van der Waals surface area contributed by atoms with E-state index < -0.39 is 57.8 Å². The van der Waals surface area contributed by atoms with Crippen LogP contribution in [0.15, 0.2) is 40.9 Å². The molecule has 196 valence electrons. The second kappa shape index (κ2) is 10.7. The number of aliphatic hydroxyl groups is 1. The Morgan fingerprint density at radius 3 is 2.64 bits per heavy atom. The van der Waals surface area contributed by atoms with Crippen LogP contribution >= 0.6 is 0 Å². The number of alkyl halides is 3. The number of pyridine rings is 1. The van der Waals surface area contributed by atoms with Crippen LogP contribution in [0.1, 0.15) is 37.8 Å². The number of carboxylic acids is 1. The van der Waals surface area contributed by atoms with E-state index in [-0.39, 0.29) is 30.8 Å². The summed E-state index contributed by atoms with van der Waals surface area (Å²) in [6.45, 7) is 2.41. The van der Waals surface area contributed by atoms with Crippen LogP contribution in [-0.2, 0) is 21.0 Å². The monoisotopic (exact) mass is 530 g/mol. The number of aliphatic carboxylic acids is 1. The molecule has 1 aliphatic rings. The lowest BCUT2D eigenvalue weighted by Crippen LogP contribution is -2.44. The van der Waals surface area contributed by atoms with Crippen molar-refractivity contribution in [2.75, 3.05) is 24.1 Å². The Morgan fingerprint density at radius 2 is 2.03 bits per heavy atom. The van der Waals surface area contributed by atoms with Crippen LogP contribution in [-0.4, -0.2) is 55.4 Å². The number of fused-ring (bicyclic) bond motifs is 1. The van der Waals surface area contributed by atoms with Gasteiger partial charge in [0.1, 0.15) is 18.5 Å². The molecule has 0 spiro atoms. The van der Waals surface area contributed by atoms with Crippen LogP contribution in [0.5, 0.6) is 11.6 Å². The zero-order chi connectivity index (χ0) is 26.7. The summed E-state index contributed by atoms with van der Waals surface area (Å²) in [4.78, 5) is 13.8. The van der Waals surface area contributed by atoms with Gasteiger partial charge in [0, 0.05) is 12.6 Å². The molecule has 3 rings (SSSR count). The molecule has 2 N–H and O–H groups in total. The fraction of sp³-hybridized carbons (Fsp3) is 0.391. The van der Waals surface area contributed by atoms with Crippen molar-refractivity contribution in [2.24, 2.45) is 0 Å². The Hall–Kier alpha value is -3.32. The van der Waals surface area contributed by atoms with Gasteiger partial charge in [-0.15, -0.1) is 0 Å². The topological polar surface area (TPSA) is 126 Å². The maximum absolute atomic E-state index is 13.8. The molecule has 0 saturated heterocycles. The minimum Gasteiger partial charge on any atom is -0.486 e. The lowest BCUT2D eigenvalue weighted by Gasteiger charge is -2.35. The number of rotatable bonds is 9. The van der Waals surface area contributed by atoms with Gasteiger partial charge in [0.15, 0.2) is 4.90 Å². The summed E-state index contributed by atoms with van der Waals surface area (Å²) in [5.74, 6) is -1.59. The van der Waals surface area contributed by atoms with Crippen molar-refractivity contribution >= 4 is 27.8 Å². The molecular formula is C23H25F3N2O7S. The second-order valence-electron chi connectivity index (χ2n) is 8.25. The lowest BCUT2D eigenvalue weighted by molar-refractivity contribution is -0.138. The Balaban J connectivity index is 2.18.